The smallest absolute Gasteiger partial charge is 0.271 e. The number of benzene rings is 1. The fourth-order valence-corrected chi connectivity index (χ4v) is 1.23. The minimum atomic E-state index is -2.57. The third kappa shape index (κ3) is 3.27. The number of nitrogens with one attached hydrogen (secondary N) is 1. The summed E-state index contributed by atoms with van der Waals surface area (Å²) in [6, 6.07) is 2.65. The number of anilines is 1. The van der Waals surface area contributed by atoms with Crippen molar-refractivity contribution in [2.24, 2.45) is 0 Å². The molecule has 0 aliphatic rings. The van der Waals surface area contributed by atoms with E-state index in [4.69, 9.17) is 4.74 Å². The Kier molecular flexibility index (Phi) is 4.19. The van der Waals surface area contributed by atoms with Crippen LogP contribution in [-0.2, 0) is 0 Å². The molecule has 1 aromatic carbocycles. The molecule has 7 heteroatoms. The molecule has 0 amide bonds. The van der Waals surface area contributed by atoms with Gasteiger partial charge in [0, 0.05) is 12.1 Å². The number of halogens is 2. The summed E-state index contributed by atoms with van der Waals surface area (Å²) < 4.78 is 29.7. The molecule has 1 unspecified atom stereocenters. The number of hydrogen-bond acceptors (Lipinski definition) is 4. The van der Waals surface area contributed by atoms with Crippen LogP contribution in [0.5, 0.6) is 5.75 Å². The monoisotopic (exact) mass is 246 g/mol. The zero-order valence-electron chi connectivity index (χ0n) is 9.31. The number of non-ortho nitro benzene ring substituents is 1. The van der Waals surface area contributed by atoms with Crippen LogP contribution >= 0.6 is 0 Å². The number of methoxy groups -OCH3 is 1. The van der Waals surface area contributed by atoms with Crippen LogP contribution in [0.2, 0.25) is 0 Å². The fourth-order valence-electron chi connectivity index (χ4n) is 1.23. The van der Waals surface area contributed by atoms with E-state index in [1.54, 1.807) is 0 Å². The van der Waals surface area contributed by atoms with Gasteiger partial charge in [0.25, 0.3) is 12.1 Å². The quantitative estimate of drug-likeness (QED) is 0.640. The Labute approximate surface area is 96.5 Å². The van der Waals surface area contributed by atoms with E-state index in [0.29, 0.717) is 0 Å². The molecule has 0 spiro atoms. The van der Waals surface area contributed by atoms with Crippen LogP contribution in [0, 0.1) is 10.1 Å². The molecule has 0 fully saturated rings. The Balaban J connectivity index is 3.02. The van der Waals surface area contributed by atoms with Crippen LogP contribution in [0.4, 0.5) is 20.2 Å². The van der Waals surface area contributed by atoms with Gasteiger partial charge in [0.2, 0.25) is 0 Å². The summed E-state index contributed by atoms with van der Waals surface area (Å²) in [5, 5.41) is 13.0. The standard InChI is InChI=1S/C10H12F2N2O3/c1-6(10(11)12)13-8-5-7(14(15)16)3-4-9(8)17-2/h3-6,10,13H,1-2H3. The first kappa shape index (κ1) is 13.1. The van der Waals surface area contributed by atoms with Gasteiger partial charge in [-0.2, -0.15) is 0 Å². The maximum Gasteiger partial charge on any atom is 0.271 e. The van der Waals surface area contributed by atoms with Crippen molar-refractivity contribution in [3.63, 3.8) is 0 Å². The molecule has 94 valence electrons. The summed E-state index contributed by atoms with van der Waals surface area (Å²) in [6.07, 6.45) is -2.57. The highest BCUT2D eigenvalue weighted by Gasteiger charge is 2.18. The number of hydrogen-bond donors (Lipinski definition) is 1. The Morgan fingerprint density at radius 3 is 2.59 bits per heavy atom. The Bertz CT molecular complexity index is 413. The van der Waals surface area contributed by atoms with E-state index in [9.17, 15) is 18.9 Å². The van der Waals surface area contributed by atoms with Crippen molar-refractivity contribution < 1.29 is 18.4 Å². The maximum atomic E-state index is 12.4. The first-order valence-corrected chi connectivity index (χ1v) is 4.82. The molecule has 0 bridgehead atoms. The largest absolute Gasteiger partial charge is 0.495 e. The molecule has 1 aromatic rings. The predicted molar refractivity (Wildman–Crippen MR) is 58.7 cm³/mol. The molecule has 0 heterocycles. The van der Waals surface area contributed by atoms with Gasteiger partial charge in [-0.15, -0.1) is 0 Å². The third-order valence-corrected chi connectivity index (χ3v) is 2.16. The summed E-state index contributed by atoms with van der Waals surface area (Å²) in [6.45, 7) is 1.28. The first-order chi connectivity index (χ1) is 7.95. The number of ether oxygens (including phenoxy) is 1. The molecule has 1 rings (SSSR count). The second-order valence-corrected chi connectivity index (χ2v) is 3.41. The van der Waals surface area contributed by atoms with Crippen molar-refractivity contribution in [2.75, 3.05) is 12.4 Å². The number of alkyl halides is 2. The van der Waals surface area contributed by atoms with Gasteiger partial charge in [-0.05, 0) is 13.0 Å². The molecular formula is C10H12F2N2O3. The van der Waals surface area contributed by atoms with Crippen molar-refractivity contribution in [2.45, 2.75) is 19.4 Å². The van der Waals surface area contributed by atoms with Gasteiger partial charge in [0.1, 0.15) is 5.75 Å². The van der Waals surface area contributed by atoms with Gasteiger partial charge in [0.15, 0.2) is 0 Å². The van der Waals surface area contributed by atoms with Gasteiger partial charge < -0.3 is 10.1 Å². The van der Waals surface area contributed by atoms with Crippen LogP contribution in [-0.4, -0.2) is 24.5 Å². The minimum Gasteiger partial charge on any atom is -0.495 e. The number of nitro benzene ring substituents is 1. The SMILES string of the molecule is COc1ccc([N+](=O)[O-])cc1NC(C)C(F)F. The lowest BCUT2D eigenvalue weighted by Gasteiger charge is -2.16. The number of rotatable bonds is 5. The summed E-state index contributed by atoms with van der Waals surface area (Å²) in [5.41, 5.74) is -0.00994. The van der Waals surface area contributed by atoms with Crippen molar-refractivity contribution in [1.29, 1.82) is 0 Å². The average Bonchev–Trinajstić information content (AvgIpc) is 2.28. The molecule has 1 N–H and O–H groups in total. The zero-order valence-corrected chi connectivity index (χ0v) is 9.31. The molecule has 0 radical (unpaired) electrons. The molecule has 1 atom stereocenters. The fraction of sp³-hybridized carbons (Fsp3) is 0.400. The van der Waals surface area contributed by atoms with Gasteiger partial charge >= 0.3 is 0 Å². The third-order valence-electron chi connectivity index (χ3n) is 2.16. The molecule has 0 aliphatic carbocycles. The van der Waals surface area contributed by atoms with Crippen molar-refractivity contribution >= 4 is 11.4 Å². The van der Waals surface area contributed by atoms with E-state index in [0.717, 1.165) is 6.07 Å². The summed E-state index contributed by atoms with van der Waals surface area (Å²) >= 11 is 0. The van der Waals surface area contributed by atoms with Crippen molar-refractivity contribution in [3.05, 3.63) is 28.3 Å². The van der Waals surface area contributed by atoms with E-state index in [-0.39, 0.29) is 17.1 Å². The average molecular weight is 246 g/mol. The summed E-state index contributed by atoms with van der Waals surface area (Å²) in [7, 11) is 1.36. The van der Waals surface area contributed by atoms with E-state index < -0.39 is 17.4 Å². The van der Waals surface area contributed by atoms with Crippen LogP contribution in [0.15, 0.2) is 18.2 Å². The minimum absolute atomic E-state index is 0.175. The highest BCUT2D eigenvalue weighted by molar-refractivity contribution is 5.62. The topological polar surface area (TPSA) is 64.4 Å². The molecule has 0 aliphatic heterocycles. The first-order valence-electron chi connectivity index (χ1n) is 4.82. The van der Waals surface area contributed by atoms with Crippen LogP contribution in [0.25, 0.3) is 0 Å². The predicted octanol–water partition coefficient (Wildman–Crippen LogP) is 2.67. The van der Waals surface area contributed by atoms with Crippen molar-refractivity contribution in [3.8, 4) is 5.75 Å². The van der Waals surface area contributed by atoms with Crippen LogP contribution < -0.4 is 10.1 Å². The van der Waals surface area contributed by atoms with E-state index >= 15 is 0 Å². The van der Waals surface area contributed by atoms with Gasteiger partial charge in [-0.25, -0.2) is 8.78 Å². The second-order valence-electron chi connectivity index (χ2n) is 3.41. The summed E-state index contributed by atoms with van der Waals surface area (Å²) in [4.78, 5) is 9.96. The molecule has 5 nitrogen and oxygen atoms in total. The molecule has 0 saturated carbocycles. The van der Waals surface area contributed by atoms with E-state index in [1.807, 2.05) is 0 Å². The Morgan fingerprint density at radius 2 is 2.12 bits per heavy atom. The van der Waals surface area contributed by atoms with Crippen LogP contribution in [0.3, 0.4) is 0 Å². The second kappa shape index (κ2) is 5.42. The Morgan fingerprint density at radius 1 is 1.47 bits per heavy atom. The highest BCUT2D eigenvalue weighted by atomic mass is 19.3. The highest BCUT2D eigenvalue weighted by Crippen LogP contribution is 2.29. The number of nitrogens with zero attached hydrogens (tertiary/aromatic N) is 1. The Hall–Kier alpha value is -1.92. The summed E-state index contributed by atoms with van der Waals surface area (Å²) in [5.74, 6) is 0.281. The van der Waals surface area contributed by atoms with Crippen molar-refractivity contribution in [1.82, 2.24) is 0 Å². The van der Waals surface area contributed by atoms with Crippen LogP contribution in [0.1, 0.15) is 6.92 Å². The van der Waals surface area contributed by atoms with Gasteiger partial charge in [0.05, 0.1) is 23.8 Å². The van der Waals surface area contributed by atoms with Gasteiger partial charge in [-0.1, -0.05) is 0 Å². The maximum absolute atomic E-state index is 12.4. The lowest BCUT2D eigenvalue weighted by atomic mass is 10.2. The molecular weight excluding hydrogens is 234 g/mol. The molecule has 0 aromatic heterocycles. The normalized spacial score (nSPS) is 12.3. The lowest BCUT2D eigenvalue weighted by Crippen LogP contribution is -2.24. The number of nitro groups is 1. The molecule has 0 saturated heterocycles. The van der Waals surface area contributed by atoms with Gasteiger partial charge in [-0.3, -0.25) is 10.1 Å². The lowest BCUT2D eigenvalue weighted by molar-refractivity contribution is -0.384. The molecule has 17 heavy (non-hydrogen) atoms. The van der Waals surface area contributed by atoms with E-state index in [2.05, 4.69) is 5.32 Å². The van der Waals surface area contributed by atoms with E-state index in [1.165, 1.54) is 26.2 Å². The zero-order chi connectivity index (χ0) is 13.0.